The molecule has 0 aromatic heterocycles. The van der Waals surface area contributed by atoms with Gasteiger partial charge in [-0.05, 0) is 37.1 Å². The van der Waals surface area contributed by atoms with Gasteiger partial charge in [0.15, 0.2) is 0 Å². The third kappa shape index (κ3) is 6.43. The highest BCUT2D eigenvalue weighted by molar-refractivity contribution is 7.89. The lowest BCUT2D eigenvalue weighted by Crippen LogP contribution is -2.49. The van der Waals surface area contributed by atoms with Crippen LogP contribution in [0.25, 0.3) is 0 Å². The second-order valence-corrected chi connectivity index (χ2v) is 7.47. The number of amides is 1. The van der Waals surface area contributed by atoms with Crippen molar-refractivity contribution in [2.24, 2.45) is 0 Å². The van der Waals surface area contributed by atoms with Crippen molar-refractivity contribution in [2.75, 3.05) is 6.54 Å². The molecular weight excluding hydrogens is 351 g/mol. The molecule has 0 saturated carbocycles. The highest BCUT2D eigenvalue weighted by atomic mass is 32.2. The predicted molar refractivity (Wildman–Crippen MR) is 89.9 cm³/mol. The summed E-state index contributed by atoms with van der Waals surface area (Å²) < 4.78 is 39.1. The molecule has 0 heterocycles. The minimum Gasteiger partial charge on any atom is -0.481 e. The number of hydrogen-bond acceptors (Lipinski definition) is 4. The zero-order valence-electron chi connectivity index (χ0n) is 14.2. The number of aliphatic carboxylic acids is 1. The van der Waals surface area contributed by atoms with Crippen LogP contribution in [-0.4, -0.2) is 37.5 Å². The van der Waals surface area contributed by atoms with Crippen LogP contribution in [0.4, 0.5) is 4.39 Å². The van der Waals surface area contributed by atoms with Crippen LogP contribution in [0, 0.1) is 5.82 Å². The van der Waals surface area contributed by atoms with Crippen LogP contribution in [0.5, 0.6) is 0 Å². The molecule has 0 unspecified atom stereocenters. The zero-order chi connectivity index (χ0) is 19.1. The van der Waals surface area contributed by atoms with Gasteiger partial charge < -0.3 is 10.4 Å². The van der Waals surface area contributed by atoms with Crippen molar-refractivity contribution in [1.29, 1.82) is 0 Å². The molecule has 9 heteroatoms. The second kappa shape index (κ2) is 8.91. The molecule has 0 spiro atoms. The Morgan fingerprint density at radius 2 is 1.72 bits per heavy atom. The number of carboxylic acid groups (broad SMARTS) is 1. The van der Waals surface area contributed by atoms with Gasteiger partial charge in [0.05, 0.1) is 11.3 Å². The van der Waals surface area contributed by atoms with Gasteiger partial charge in [-0.1, -0.05) is 13.8 Å². The molecule has 0 fully saturated rings. The molecule has 7 nitrogen and oxygen atoms in total. The maximum absolute atomic E-state index is 12.8. The van der Waals surface area contributed by atoms with Gasteiger partial charge in [-0.25, -0.2) is 17.5 Å². The Hall–Kier alpha value is -2.00. The number of rotatable bonds is 10. The van der Waals surface area contributed by atoms with Crippen LogP contribution in [0.15, 0.2) is 29.2 Å². The normalized spacial score (nSPS) is 12.0. The lowest BCUT2D eigenvalue weighted by Gasteiger charge is -2.31. The van der Waals surface area contributed by atoms with E-state index in [0.29, 0.717) is 12.8 Å². The van der Waals surface area contributed by atoms with Gasteiger partial charge in [0, 0.05) is 18.5 Å². The highest BCUT2D eigenvalue weighted by Gasteiger charge is 2.30. The van der Waals surface area contributed by atoms with Crippen LogP contribution < -0.4 is 10.0 Å². The molecule has 140 valence electrons. The number of halogens is 1. The average molecular weight is 374 g/mol. The van der Waals surface area contributed by atoms with E-state index in [9.17, 15) is 22.4 Å². The number of hydrogen-bond donors (Lipinski definition) is 3. The summed E-state index contributed by atoms with van der Waals surface area (Å²) in [6.07, 6.45) is 0.556. The summed E-state index contributed by atoms with van der Waals surface area (Å²) in [5.74, 6) is -2.00. The molecule has 0 bridgehead atoms. The summed E-state index contributed by atoms with van der Waals surface area (Å²) >= 11 is 0. The first-order chi connectivity index (χ1) is 11.6. The van der Waals surface area contributed by atoms with Crippen LogP contribution in [0.3, 0.4) is 0 Å². The van der Waals surface area contributed by atoms with E-state index in [1.54, 1.807) is 13.8 Å². The van der Waals surface area contributed by atoms with Gasteiger partial charge in [-0.3, -0.25) is 9.59 Å². The zero-order valence-corrected chi connectivity index (χ0v) is 15.0. The molecule has 1 rings (SSSR count). The number of benzene rings is 1. The third-order valence-corrected chi connectivity index (χ3v) is 5.49. The van der Waals surface area contributed by atoms with E-state index < -0.39 is 33.3 Å². The molecule has 1 amide bonds. The van der Waals surface area contributed by atoms with Gasteiger partial charge in [-0.15, -0.1) is 0 Å². The van der Waals surface area contributed by atoms with Crippen molar-refractivity contribution in [2.45, 2.75) is 50.0 Å². The summed E-state index contributed by atoms with van der Waals surface area (Å²) in [5.41, 5.74) is -0.848. The Bertz CT molecular complexity index is 700. The number of carbonyl (C=O) groups is 2. The smallest absolute Gasteiger partial charge is 0.305 e. The van der Waals surface area contributed by atoms with Gasteiger partial charge in [0.2, 0.25) is 15.9 Å². The molecule has 0 saturated heterocycles. The largest absolute Gasteiger partial charge is 0.481 e. The predicted octanol–water partition coefficient (Wildman–Crippen LogP) is 1.64. The molecule has 3 N–H and O–H groups in total. The van der Waals surface area contributed by atoms with Crippen molar-refractivity contribution in [1.82, 2.24) is 10.0 Å². The first-order valence-corrected chi connectivity index (χ1v) is 9.40. The standard InChI is InChI=1S/C16H23FN2O5S/c1-3-16(4-2,11-15(21)22)19-14(20)9-10-18-25(23,24)13-7-5-12(17)6-8-13/h5-8,18H,3-4,9-11H2,1-2H3,(H,19,20)(H,21,22). The van der Waals surface area contributed by atoms with E-state index >= 15 is 0 Å². The molecule has 0 aliphatic heterocycles. The average Bonchev–Trinajstić information content (AvgIpc) is 2.54. The molecule has 1 aromatic rings. The lowest BCUT2D eigenvalue weighted by molar-refractivity contribution is -0.139. The van der Waals surface area contributed by atoms with Crippen molar-refractivity contribution in [3.05, 3.63) is 30.1 Å². The van der Waals surface area contributed by atoms with Crippen molar-refractivity contribution in [3.8, 4) is 0 Å². The fraction of sp³-hybridized carbons (Fsp3) is 0.500. The van der Waals surface area contributed by atoms with E-state index in [1.165, 1.54) is 0 Å². The van der Waals surface area contributed by atoms with Gasteiger partial charge in [0.1, 0.15) is 5.82 Å². The van der Waals surface area contributed by atoms with Gasteiger partial charge in [-0.2, -0.15) is 0 Å². The number of nitrogens with one attached hydrogen (secondary N) is 2. The Morgan fingerprint density at radius 1 is 1.16 bits per heavy atom. The first-order valence-electron chi connectivity index (χ1n) is 7.92. The number of carbonyl (C=O) groups excluding carboxylic acids is 1. The molecule has 0 radical (unpaired) electrons. The maximum Gasteiger partial charge on any atom is 0.305 e. The highest BCUT2D eigenvalue weighted by Crippen LogP contribution is 2.20. The topological polar surface area (TPSA) is 113 Å². The first kappa shape index (κ1) is 21.0. The minimum atomic E-state index is -3.84. The Balaban J connectivity index is 2.61. The van der Waals surface area contributed by atoms with Crippen LogP contribution in [0.1, 0.15) is 39.5 Å². The van der Waals surface area contributed by atoms with E-state index in [4.69, 9.17) is 5.11 Å². The van der Waals surface area contributed by atoms with Crippen LogP contribution in [-0.2, 0) is 19.6 Å². The van der Waals surface area contributed by atoms with E-state index in [1.807, 2.05) is 0 Å². The maximum atomic E-state index is 12.8. The summed E-state index contributed by atoms with van der Waals surface area (Å²) in [7, 11) is -3.84. The molecule has 1 aromatic carbocycles. The molecule has 0 aliphatic rings. The lowest BCUT2D eigenvalue weighted by atomic mass is 9.89. The summed E-state index contributed by atoms with van der Waals surface area (Å²) in [5, 5.41) is 11.7. The fourth-order valence-electron chi connectivity index (χ4n) is 2.36. The summed E-state index contributed by atoms with van der Waals surface area (Å²) in [6, 6.07) is 4.32. The third-order valence-electron chi connectivity index (χ3n) is 4.02. The van der Waals surface area contributed by atoms with E-state index in [2.05, 4.69) is 10.0 Å². The van der Waals surface area contributed by atoms with E-state index in [-0.39, 0.29) is 24.3 Å². The Labute approximate surface area is 146 Å². The number of sulfonamides is 1. The quantitative estimate of drug-likeness (QED) is 0.576. The van der Waals surface area contributed by atoms with Crippen molar-refractivity contribution >= 4 is 21.9 Å². The molecular formula is C16H23FN2O5S. The SMILES string of the molecule is CCC(CC)(CC(=O)O)NC(=O)CCNS(=O)(=O)c1ccc(F)cc1. The molecule has 0 aliphatic carbocycles. The minimum absolute atomic E-state index is 0.100. The van der Waals surface area contributed by atoms with Gasteiger partial charge >= 0.3 is 5.97 Å². The Kier molecular flexibility index (Phi) is 7.50. The molecule has 25 heavy (non-hydrogen) atoms. The van der Waals surface area contributed by atoms with Crippen LogP contribution >= 0.6 is 0 Å². The van der Waals surface area contributed by atoms with Gasteiger partial charge in [0.25, 0.3) is 0 Å². The number of carboxylic acids is 1. The monoisotopic (exact) mass is 374 g/mol. The van der Waals surface area contributed by atoms with Crippen molar-refractivity contribution in [3.63, 3.8) is 0 Å². The molecule has 0 atom stereocenters. The van der Waals surface area contributed by atoms with E-state index in [0.717, 1.165) is 24.3 Å². The van der Waals surface area contributed by atoms with Crippen molar-refractivity contribution < 1.29 is 27.5 Å². The Morgan fingerprint density at radius 3 is 2.20 bits per heavy atom. The summed E-state index contributed by atoms with van der Waals surface area (Å²) in [6.45, 7) is 3.41. The fourth-order valence-corrected chi connectivity index (χ4v) is 3.40. The second-order valence-electron chi connectivity index (χ2n) is 5.71. The summed E-state index contributed by atoms with van der Waals surface area (Å²) in [4.78, 5) is 22.9. The van der Waals surface area contributed by atoms with Crippen LogP contribution in [0.2, 0.25) is 0 Å².